The molecule has 32 heavy (non-hydrogen) atoms. The summed E-state index contributed by atoms with van der Waals surface area (Å²) in [5.74, 6) is -0.408. The van der Waals surface area contributed by atoms with Crippen LogP contribution in [-0.2, 0) is 33.2 Å². The number of ether oxygens (including phenoxy) is 6. The summed E-state index contributed by atoms with van der Waals surface area (Å²) in [4.78, 5) is 11.4. The molecule has 0 aromatic heterocycles. The number of carbonyl (C=O) groups is 1. The van der Waals surface area contributed by atoms with Crippen LogP contribution in [0.5, 0.6) is 0 Å². The van der Waals surface area contributed by atoms with Crippen molar-refractivity contribution < 1.29 is 48.5 Å². The Balaban J connectivity index is 2.04. The predicted molar refractivity (Wildman–Crippen MR) is 114 cm³/mol. The molecule has 0 radical (unpaired) electrons. The van der Waals surface area contributed by atoms with Gasteiger partial charge in [-0.3, -0.25) is 4.79 Å². The van der Waals surface area contributed by atoms with Crippen LogP contribution in [0.3, 0.4) is 0 Å². The van der Waals surface area contributed by atoms with Gasteiger partial charge in [0.05, 0.1) is 59.5 Å². The average Bonchev–Trinajstić information content (AvgIpc) is 2.77. The summed E-state index contributed by atoms with van der Waals surface area (Å²) in [6.45, 7) is 8.27. The van der Waals surface area contributed by atoms with Crippen LogP contribution in [0.4, 0.5) is 0 Å². The molecular formula is C21H39NO10. The maximum absolute atomic E-state index is 11.4. The lowest BCUT2D eigenvalue weighted by atomic mass is 9.97. The highest BCUT2D eigenvalue weighted by Gasteiger charge is 2.45. The Hall–Kier alpha value is -1.15. The fourth-order valence-corrected chi connectivity index (χ4v) is 2.93. The fourth-order valence-electron chi connectivity index (χ4n) is 2.93. The molecule has 1 aliphatic heterocycles. The van der Waals surface area contributed by atoms with Crippen molar-refractivity contribution in [2.45, 2.75) is 50.4 Å². The normalized spacial score (nSPS) is 25.6. The summed E-state index contributed by atoms with van der Waals surface area (Å²) in [6.07, 6.45) is -0.938. The van der Waals surface area contributed by atoms with Crippen molar-refractivity contribution in [2.75, 3.05) is 66.1 Å². The van der Waals surface area contributed by atoms with E-state index in [1.807, 2.05) is 6.08 Å². The van der Waals surface area contributed by atoms with Crippen LogP contribution in [-0.4, -0.2) is 118 Å². The van der Waals surface area contributed by atoms with Gasteiger partial charge in [-0.2, -0.15) is 0 Å². The van der Waals surface area contributed by atoms with Crippen LogP contribution in [0.1, 0.15) is 19.8 Å². The molecule has 0 aliphatic carbocycles. The average molecular weight is 466 g/mol. The molecule has 0 aromatic rings. The van der Waals surface area contributed by atoms with E-state index in [0.29, 0.717) is 46.2 Å². The predicted octanol–water partition coefficient (Wildman–Crippen LogP) is -1.02. The van der Waals surface area contributed by atoms with Gasteiger partial charge >= 0.3 is 0 Å². The van der Waals surface area contributed by atoms with Crippen LogP contribution in [0.15, 0.2) is 12.7 Å². The zero-order chi connectivity index (χ0) is 23.6. The summed E-state index contributed by atoms with van der Waals surface area (Å²) in [7, 11) is 0. The van der Waals surface area contributed by atoms with Gasteiger partial charge in [-0.05, 0) is 12.8 Å². The molecule has 0 saturated carbocycles. The number of carbonyl (C=O) groups excluding carboxylic acids is 1. The van der Waals surface area contributed by atoms with Crippen LogP contribution in [0.25, 0.3) is 0 Å². The molecule has 11 nitrogen and oxygen atoms in total. The highest BCUT2D eigenvalue weighted by Crippen LogP contribution is 2.22. The monoisotopic (exact) mass is 465 g/mol. The minimum atomic E-state index is -1.34. The molecule has 4 N–H and O–H groups in total. The van der Waals surface area contributed by atoms with Crippen molar-refractivity contribution in [3.8, 4) is 0 Å². The maximum atomic E-state index is 11.4. The van der Waals surface area contributed by atoms with Gasteiger partial charge in [0, 0.05) is 13.5 Å². The van der Waals surface area contributed by atoms with Crippen molar-refractivity contribution in [3.05, 3.63) is 12.7 Å². The largest absolute Gasteiger partial charge is 0.394 e. The molecule has 0 bridgehead atoms. The number of hydrogen-bond donors (Lipinski definition) is 4. The Morgan fingerprint density at radius 1 is 0.938 bits per heavy atom. The molecule has 1 fully saturated rings. The topological polar surface area (TPSA) is 145 Å². The van der Waals surface area contributed by atoms with Gasteiger partial charge < -0.3 is 49.1 Å². The quantitative estimate of drug-likeness (QED) is 0.138. The number of aliphatic hydroxyl groups excluding tert-OH is 3. The molecule has 1 saturated heterocycles. The Morgan fingerprint density at radius 2 is 1.47 bits per heavy atom. The second-order valence-corrected chi connectivity index (χ2v) is 7.18. The molecule has 188 valence electrons. The first-order valence-electron chi connectivity index (χ1n) is 10.9. The third-order valence-electron chi connectivity index (χ3n) is 4.57. The van der Waals surface area contributed by atoms with E-state index in [9.17, 15) is 20.1 Å². The second kappa shape index (κ2) is 18.3. The number of hydrogen-bond acceptors (Lipinski definition) is 10. The van der Waals surface area contributed by atoms with E-state index in [2.05, 4.69) is 11.9 Å². The molecule has 1 amide bonds. The van der Waals surface area contributed by atoms with Crippen molar-refractivity contribution in [1.82, 2.24) is 5.32 Å². The zero-order valence-corrected chi connectivity index (χ0v) is 18.9. The Morgan fingerprint density at radius 3 is 1.97 bits per heavy atom. The summed E-state index contributed by atoms with van der Waals surface area (Å²) >= 11 is 0. The summed E-state index contributed by atoms with van der Waals surface area (Å²) in [6, 6.07) is -0.967. The summed E-state index contributed by atoms with van der Waals surface area (Å²) < 4.78 is 32.6. The van der Waals surface area contributed by atoms with Crippen molar-refractivity contribution in [1.29, 1.82) is 0 Å². The number of allylic oxidation sites excluding steroid dienone is 1. The van der Waals surface area contributed by atoms with E-state index in [-0.39, 0.29) is 13.2 Å². The van der Waals surface area contributed by atoms with Gasteiger partial charge in [-0.25, -0.2) is 0 Å². The third-order valence-corrected chi connectivity index (χ3v) is 4.57. The smallest absolute Gasteiger partial charge is 0.217 e. The van der Waals surface area contributed by atoms with E-state index in [1.165, 1.54) is 6.92 Å². The molecule has 5 atom stereocenters. The first-order chi connectivity index (χ1) is 15.5. The first-order valence-corrected chi connectivity index (χ1v) is 10.9. The first kappa shape index (κ1) is 28.9. The maximum Gasteiger partial charge on any atom is 0.217 e. The van der Waals surface area contributed by atoms with E-state index in [1.54, 1.807) is 0 Å². The Labute approximate surface area is 189 Å². The van der Waals surface area contributed by atoms with E-state index in [0.717, 1.165) is 12.8 Å². The standard InChI is InChI=1S/C21H39NO10/c1-3-4-5-6-27-7-8-28-9-10-29-11-12-30-13-14-31-21-18(22-16(2)24)20(26)19(25)17(15-23)32-21/h3,17-21,23,25-26H,1,4-15H2,2H3,(H,22,24)/t17-,18-,19-,20-,21-/m1/s1. The second-order valence-electron chi connectivity index (χ2n) is 7.18. The van der Waals surface area contributed by atoms with Gasteiger partial charge in [-0.15, -0.1) is 6.58 Å². The SMILES string of the molecule is C=CCCCOCCOCCOCCOCCO[C@@H]1O[C@H](CO)[C@@H](O)[C@H](O)[C@H]1NC(C)=O. The third kappa shape index (κ3) is 12.2. The lowest BCUT2D eigenvalue weighted by molar-refractivity contribution is -0.272. The molecule has 0 spiro atoms. The molecule has 11 heteroatoms. The van der Waals surface area contributed by atoms with Crippen molar-refractivity contribution >= 4 is 5.91 Å². The number of nitrogens with one attached hydrogen (secondary N) is 1. The fraction of sp³-hybridized carbons (Fsp3) is 0.857. The lowest BCUT2D eigenvalue weighted by Crippen LogP contribution is -2.64. The highest BCUT2D eigenvalue weighted by molar-refractivity contribution is 5.73. The summed E-state index contributed by atoms with van der Waals surface area (Å²) in [5, 5.41) is 31.9. The van der Waals surface area contributed by atoms with Gasteiger partial charge in [0.15, 0.2) is 6.29 Å². The Bertz CT molecular complexity index is 495. The molecule has 1 heterocycles. The Kier molecular flexibility index (Phi) is 16.5. The minimum Gasteiger partial charge on any atom is -0.394 e. The van der Waals surface area contributed by atoms with Gasteiger partial charge in [0.1, 0.15) is 24.4 Å². The van der Waals surface area contributed by atoms with E-state index < -0.39 is 43.2 Å². The molecule has 1 rings (SSSR count). The van der Waals surface area contributed by atoms with Crippen molar-refractivity contribution in [3.63, 3.8) is 0 Å². The van der Waals surface area contributed by atoms with Gasteiger partial charge in [0.2, 0.25) is 5.91 Å². The summed E-state index contributed by atoms with van der Waals surface area (Å²) in [5.41, 5.74) is 0. The molecule has 0 aromatic carbocycles. The molecule has 1 aliphatic rings. The number of amides is 1. The van der Waals surface area contributed by atoms with Gasteiger partial charge in [-0.1, -0.05) is 6.08 Å². The van der Waals surface area contributed by atoms with E-state index >= 15 is 0 Å². The lowest BCUT2D eigenvalue weighted by Gasteiger charge is -2.42. The van der Waals surface area contributed by atoms with Crippen LogP contribution < -0.4 is 5.32 Å². The minimum absolute atomic E-state index is 0.123. The van der Waals surface area contributed by atoms with Crippen LogP contribution in [0.2, 0.25) is 0 Å². The number of rotatable bonds is 19. The zero-order valence-electron chi connectivity index (χ0n) is 18.9. The highest BCUT2D eigenvalue weighted by atomic mass is 16.7. The van der Waals surface area contributed by atoms with Crippen molar-refractivity contribution in [2.24, 2.45) is 0 Å². The molecule has 0 unspecified atom stereocenters. The number of aliphatic hydroxyl groups is 3. The van der Waals surface area contributed by atoms with E-state index in [4.69, 9.17) is 28.4 Å². The van der Waals surface area contributed by atoms with Gasteiger partial charge in [0.25, 0.3) is 0 Å². The van der Waals surface area contributed by atoms with Crippen LogP contribution in [0, 0.1) is 0 Å². The number of unbranched alkanes of at least 4 members (excludes halogenated alkanes) is 1. The molecular weight excluding hydrogens is 426 g/mol. The van der Waals surface area contributed by atoms with Crippen LogP contribution >= 0.6 is 0 Å².